The van der Waals surface area contributed by atoms with Crippen molar-refractivity contribution < 1.29 is 9.18 Å². The zero-order chi connectivity index (χ0) is 13.8. The van der Waals surface area contributed by atoms with Gasteiger partial charge < -0.3 is 0 Å². The van der Waals surface area contributed by atoms with Crippen LogP contribution in [0.5, 0.6) is 0 Å². The number of aromatic nitrogens is 1. The highest BCUT2D eigenvalue weighted by molar-refractivity contribution is 5.94. The molecule has 0 radical (unpaired) electrons. The van der Waals surface area contributed by atoms with Crippen molar-refractivity contribution in [2.24, 2.45) is 0 Å². The Balaban J connectivity index is 2.26. The second-order valence-electron chi connectivity index (χ2n) is 4.55. The maximum absolute atomic E-state index is 13.7. The number of Topliss-reactive ketones (excluding diaryl/α,β-unsaturated/α-hetero) is 1. The van der Waals surface area contributed by atoms with Crippen LogP contribution in [0.1, 0.15) is 41.0 Å². The van der Waals surface area contributed by atoms with E-state index < -0.39 is 0 Å². The molecule has 0 amide bonds. The number of benzene rings is 1. The molecule has 0 N–H and O–H groups in total. The first kappa shape index (κ1) is 13.4. The number of carbonyl (C=O) groups excluding carboxylic acids is 1. The van der Waals surface area contributed by atoms with Gasteiger partial charge in [0.15, 0.2) is 5.78 Å². The third-order valence-electron chi connectivity index (χ3n) is 3.12. The summed E-state index contributed by atoms with van der Waals surface area (Å²) in [5, 5.41) is 0. The minimum atomic E-state index is -0.300. The molecule has 1 aromatic heterocycles. The van der Waals surface area contributed by atoms with Gasteiger partial charge in [0.1, 0.15) is 5.82 Å². The Labute approximate surface area is 112 Å². The topological polar surface area (TPSA) is 30.0 Å². The van der Waals surface area contributed by atoms with Gasteiger partial charge in [-0.2, -0.15) is 0 Å². The van der Waals surface area contributed by atoms with E-state index in [1.165, 1.54) is 19.1 Å². The average Bonchev–Trinajstić information content (AvgIpc) is 2.42. The second kappa shape index (κ2) is 5.74. The molecule has 0 fully saturated rings. The molecule has 3 heteroatoms. The van der Waals surface area contributed by atoms with Crippen LogP contribution >= 0.6 is 0 Å². The monoisotopic (exact) mass is 257 g/mol. The van der Waals surface area contributed by atoms with E-state index in [0.29, 0.717) is 17.5 Å². The van der Waals surface area contributed by atoms with Crippen LogP contribution in [0.2, 0.25) is 0 Å². The van der Waals surface area contributed by atoms with Crippen molar-refractivity contribution in [3.05, 3.63) is 64.7 Å². The molecular formula is C16H16FNO. The van der Waals surface area contributed by atoms with Crippen LogP contribution in [0.4, 0.5) is 4.39 Å². The van der Waals surface area contributed by atoms with Crippen LogP contribution in [-0.2, 0) is 12.8 Å². The van der Waals surface area contributed by atoms with Crippen molar-refractivity contribution in [3.8, 4) is 0 Å². The summed E-state index contributed by atoms with van der Waals surface area (Å²) in [5.74, 6) is -0.359. The predicted molar refractivity (Wildman–Crippen MR) is 72.8 cm³/mol. The fourth-order valence-electron chi connectivity index (χ4n) is 1.89. The highest BCUT2D eigenvalue weighted by Gasteiger charge is 2.08. The molecule has 2 rings (SSSR count). The van der Waals surface area contributed by atoms with Gasteiger partial charge in [-0.15, -0.1) is 0 Å². The van der Waals surface area contributed by atoms with Gasteiger partial charge in [-0.1, -0.05) is 13.0 Å². The van der Waals surface area contributed by atoms with E-state index in [0.717, 1.165) is 17.7 Å². The number of carbonyl (C=O) groups is 1. The van der Waals surface area contributed by atoms with E-state index in [1.807, 2.05) is 18.3 Å². The third-order valence-corrected chi connectivity index (χ3v) is 3.12. The Morgan fingerprint density at radius 2 is 2.05 bits per heavy atom. The van der Waals surface area contributed by atoms with Crippen LogP contribution < -0.4 is 0 Å². The molecule has 0 saturated carbocycles. The Kier molecular flexibility index (Phi) is 4.05. The lowest BCUT2D eigenvalue weighted by Crippen LogP contribution is -2.00. The lowest BCUT2D eigenvalue weighted by molar-refractivity contribution is 0.101. The maximum Gasteiger partial charge on any atom is 0.159 e. The zero-order valence-corrected chi connectivity index (χ0v) is 11.1. The van der Waals surface area contributed by atoms with Crippen molar-refractivity contribution in [3.63, 3.8) is 0 Å². The van der Waals surface area contributed by atoms with E-state index in [4.69, 9.17) is 0 Å². The second-order valence-corrected chi connectivity index (χ2v) is 4.55. The average molecular weight is 257 g/mol. The molecule has 98 valence electrons. The molecule has 0 aliphatic heterocycles. The Morgan fingerprint density at radius 1 is 1.26 bits per heavy atom. The van der Waals surface area contributed by atoms with Gasteiger partial charge in [0.25, 0.3) is 0 Å². The largest absolute Gasteiger partial charge is 0.295 e. The normalized spacial score (nSPS) is 10.5. The molecule has 0 unspecified atom stereocenters. The summed E-state index contributed by atoms with van der Waals surface area (Å²) in [6.45, 7) is 3.54. The molecule has 1 aromatic carbocycles. The Morgan fingerprint density at radius 3 is 2.63 bits per heavy atom. The zero-order valence-electron chi connectivity index (χ0n) is 11.1. The number of hydrogen-bond acceptors (Lipinski definition) is 2. The third kappa shape index (κ3) is 3.25. The summed E-state index contributed by atoms with van der Waals surface area (Å²) in [5.41, 5.74) is 2.99. The van der Waals surface area contributed by atoms with E-state index in [1.54, 1.807) is 6.07 Å². The van der Waals surface area contributed by atoms with E-state index in [9.17, 15) is 9.18 Å². The van der Waals surface area contributed by atoms with Gasteiger partial charge in [-0.05, 0) is 48.7 Å². The van der Waals surface area contributed by atoms with Gasteiger partial charge in [-0.3, -0.25) is 9.78 Å². The summed E-state index contributed by atoms with van der Waals surface area (Å²) >= 11 is 0. The van der Waals surface area contributed by atoms with E-state index in [2.05, 4.69) is 11.9 Å². The number of aryl methyl sites for hydroxylation is 1. The SMILES string of the molecule is CCc1ccc(Cc2cc(C(C)=O)ccc2F)nc1. The van der Waals surface area contributed by atoms with Crippen molar-refractivity contribution in [1.29, 1.82) is 0 Å². The number of rotatable bonds is 4. The van der Waals surface area contributed by atoms with E-state index in [-0.39, 0.29) is 11.6 Å². The van der Waals surface area contributed by atoms with Crippen molar-refractivity contribution in [1.82, 2.24) is 4.98 Å². The standard InChI is InChI=1S/C16H16FNO/c1-3-12-4-6-15(18-10-12)9-14-8-13(11(2)19)5-7-16(14)17/h4-8,10H,3,9H2,1-2H3. The number of hydrogen-bond donors (Lipinski definition) is 0. The summed E-state index contributed by atoms with van der Waals surface area (Å²) in [4.78, 5) is 15.6. The molecule has 19 heavy (non-hydrogen) atoms. The first-order valence-electron chi connectivity index (χ1n) is 6.33. The number of pyridine rings is 1. The molecule has 0 atom stereocenters. The fraction of sp³-hybridized carbons (Fsp3) is 0.250. The Bertz CT molecular complexity index is 590. The minimum Gasteiger partial charge on any atom is -0.295 e. The molecule has 0 aliphatic carbocycles. The molecule has 0 saturated heterocycles. The van der Waals surface area contributed by atoms with E-state index >= 15 is 0 Å². The van der Waals surface area contributed by atoms with Gasteiger partial charge >= 0.3 is 0 Å². The van der Waals surface area contributed by atoms with Crippen LogP contribution in [-0.4, -0.2) is 10.8 Å². The Hall–Kier alpha value is -2.03. The first-order valence-corrected chi connectivity index (χ1v) is 6.33. The summed E-state index contributed by atoms with van der Waals surface area (Å²) < 4.78 is 13.7. The highest BCUT2D eigenvalue weighted by atomic mass is 19.1. The first-order chi connectivity index (χ1) is 9.10. The van der Waals surface area contributed by atoms with Gasteiger partial charge in [0.05, 0.1) is 0 Å². The van der Waals surface area contributed by atoms with Crippen LogP contribution in [0.25, 0.3) is 0 Å². The van der Waals surface area contributed by atoms with Crippen LogP contribution in [0.15, 0.2) is 36.5 Å². The summed E-state index contributed by atoms with van der Waals surface area (Å²) in [6.07, 6.45) is 3.14. The summed E-state index contributed by atoms with van der Waals surface area (Å²) in [7, 11) is 0. The van der Waals surface area contributed by atoms with Crippen LogP contribution in [0, 0.1) is 5.82 Å². The van der Waals surface area contributed by atoms with Gasteiger partial charge in [-0.25, -0.2) is 4.39 Å². The van der Waals surface area contributed by atoms with Crippen molar-refractivity contribution >= 4 is 5.78 Å². The molecule has 2 nitrogen and oxygen atoms in total. The molecule has 1 heterocycles. The molecule has 0 bridgehead atoms. The molecule has 0 aliphatic rings. The molecule has 2 aromatic rings. The fourth-order valence-corrected chi connectivity index (χ4v) is 1.89. The predicted octanol–water partition coefficient (Wildman–Crippen LogP) is 3.58. The van der Waals surface area contributed by atoms with Gasteiger partial charge in [0.2, 0.25) is 0 Å². The van der Waals surface area contributed by atoms with Gasteiger partial charge in [0, 0.05) is 23.9 Å². The minimum absolute atomic E-state index is 0.0597. The maximum atomic E-state index is 13.7. The highest BCUT2D eigenvalue weighted by Crippen LogP contribution is 2.15. The molecular weight excluding hydrogens is 241 g/mol. The lowest BCUT2D eigenvalue weighted by Gasteiger charge is -2.06. The lowest BCUT2D eigenvalue weighted by atomic mass is 10.0. The summed E-state index contributed by atoms with van der Waals surface area (Å²) in [6, 6.07) is 8.35. The van der Waals surface area contributed by atoms with Crippen molar-refractivity contribution in [2.75, 3.05) is 0 Å². The number of halogens is 1. The number of nitrogens with zero attached hydrogens (tertiary/aromatic N) is 1. The molecule has 0 spiro atoms. The number of ketones is 1. The quantitative estimate of drug-likeness (QED) is 0.784. The van der Waals surface area contributed by atoms with Crippen LogP contribution in [0.3, 0.4) is 0 Å². The smallest absolute Gasteiger partial charge is 0.159 e. The van der Waals surface area contributed by atoms with Crippen molar-refractivity contribution in [2.45, 2.75) is 26.7 Å².